The van der Waals surface area contributed by atoms with E-state index in [2.05, 4.69) is 28.1 Å². The van der Waals surface area contributed by atoms with Gasteiger partial charge in [0.1, 0.15) is 0 Å². The van der Waals surface area contributed by atoms with Crippen LogP contribution in [0.2, 0.25) is 0 Å². The van der Waals surface area contributed by atoms with Crippen molar-refractivity contribution in [1.82, 2.24) is 5.32 Å². The molecule has 5 heteroatoms. The molecule has 3 rings (SSSR count). The first-order valence-corrected chi connectivity index (χ1v) is 8.05. The molecule has 2 aromatic rings. The van der Waals surface area contributed by atoms with Crippen molar-refractivity contribution in [3.05, 3.63) is 60.2 Å². The first-order chi connectivity index (χ1) is 11.6. The van der Waals surface area contributed by atoms with E-state index in [0.717, 1.165) is 12.8 Å². The van der Waals surface area contributed by atoms with Crippen molar-refractivity contribution in [3.8, 4) is 0 Å². The highest BCUT2D eigenvalue weighted by Crippen LogP contribution is 2.47. The molecule has 24 heavy (non-hydrogen) atoms. The minimum absolute atomic E-state index is 0.0911. The molecule has 0 saturated heterocycles. The second-order valence-electron chi connectivity index (χ2n) is 6.21. The van der Waals surface area contributed by atoms with Crippen LogP contribution in [0.3, 0.4) is 0 Å². The second kappa shape index (κ2) is 6.74. The van der Waals surface area contributed by atoms with Crippen LogP contribution in [0.4, 0.5) is 16.2 Å². The Bertz CT molecular complexity index is 722. The van der Waals surface area contributed by atoms with Gasteiger partial charge in [-0.05, 0) is 42.7 Å². The summed E-state index contributed by atoms with van der Waals surface area (Å²) in [5, 5.41) is 8.46. The van der Waals surface area contributed by atoms with Gasteiger partial charge in [0.15, 0.2) is 0 Å². The molecule has 124 valence electrons. The van der Waals surface area contributed by atoms with E-state index in [9.17, 15) is 9.59 Å². The predicted molar refractivity (Wildman–Crippen MR) is 95.1 cm³/mol. The van der Waals surface area contributed by atoms with E-state index >= 15 is 0 Å². The van der Waals surface area contributed by atoms with Crippen molar-refractivity contribution in [3.63, 3.8) is 0 Å². The van der Waals surface area contributed by atoms with Gasteiger partial charge in [0, 0.05) is 30.3 Å². The van der Waals surface area contributed by atoms with Crippen LogP contribution in [0.25, 0.3) is 0 Å². The number of carbonyl (C=O) groups is 2. The lowest BCUT2D eigenvalue weighted by Crippen LogP contribution is -2.35. The highest BCUT2D eigenvalue weighted by Gasteiger charge is 2.44. The molecule has 0 bridgehead atoms. The van der Waals surface area contributed by atoms with Crippen molar-refractivity contribution in [1.29, 1.82) is 0 Å². The number of carbonyl (C=O) groups excluding carboxylic acids is 2. The Balaban J connectivity index is 1.52. The topological polar surface area (TPSA) is 70.2 Å². The van der Waals surface area contributed by atoms with Crippen LogP contribution in [0.15, 0.2) is 54.6 Å². The minimum atomic E-state index is -0.218. The molecule has 0 aliphatic heterocycles. The van der Waals surface area contributed by atoms with Crippen LogP contribution in [0.5, 0.6) is 0 Å². The summed E-state index contributed by atoms with van der Waals surface area (Å²) in [7, 11) is 0. The summed E-state index contributed by atoms with van der Waals surface area (Å²) in [5.74, 6) is -0.121. The maximum absolute atomic E-state index is 12.1. The Morgan fingerprint density at radius 3 is 2.04 bits per heavy atom. The average Bonchev–Trinajstić information content (AvgIpc) is 3.37. The quantitative estimate of drug-likeness (QED) is 0.788. The number of amides is 3. The van der Waals surface area contributed by atoms with Crippen molar-refractivity contribution < 1.29 is 9.59 Å². The summed E-state index contributed by atoms with van der Waals surface area (Å²) in [5.41, 5.74) is 2.76. The van der Waals surface area contributed by atoms with Crippen LogP contribution < -0.4 is 16.0 Å². The van der Waals surface area contributed by atoms with Gasteiger partial charge >= 0.3 is 6.03 Å². The molecule has 0 spiro atoms. The third kappa shape index (κ3) is 3.93. The fraction of sp³-hybridized carbons (Fsp3) is 0.263. The zero-order chi connectivity index (χ0) is 17.0. The van der Waals surface area contributed by atoms with E-state index in [1.165, 1.54) is 12.5 Å². The number of hydrogen-bond acceptors (Lipinski definition) is 2. The highest BCUT2D eigenvalue weighted by atomic mass is 16.2. The average molecular weight is 323 g/mol. The summed E-state index contributed by atoms with van der Waals surface area (Å²) in [6, 6.07) is 17.1. The molecule has 3 N–H and O–H groups in total. The molecule has 0 unspecified atom stereocenters. The first kappa shape index (κ1) is 16.1. The molecule has 0 atom stereocenters. The van der Waals surface area contributed by atoms with E-state index in [0.29, 0.717) is 17.9 Å². The lowest BCUT2D eigenvalue weighted by Gasteiger charge is -2.17. The first-order valence-electron chi connectivity index (χ1n) is 8.05. The molecule has 0 heterocycles. The van der Waals surface area contributed by atoms with E-state index in [1.54, 1.807) is 24.3 Å². The van der Waals surface area contributed by atoms with Crippen molar-refractivity contribution >= 4 is 23.3 Å². The summed E-state index contributed by atoms with van der Waals surface area (Å²) in [4.78, 5) is 23.1. The van der Waals surface area contributed by atoms with Gasteiger partial charge in [-0.15, -0.1) is 0 Å². The molecule has 1 saturated carbocycles. The number of anilines is 2. The molecule has 5 nitrogen and oxygen atoms in total. The van der Waals surface area contributed by atoms with E-state index < -0.39 is 0 Å². The van der Waals surface area contributed by atoms with Gasteiger partial charge < -0.3 is 16.0 Å². The Morgan fingerprint density at radius 1 is 0.917 bits per heavy atom. The standard InChI is InChI=1S/C19H21N3O2/c1-14(23)21-16-7-9-17(10-8-16)22-18(24)20-13-19(11-12-19)15-5-3-2-4-6-15/h2-10H,11-13H2,1H3,(H,21,23)(H2,20,22,24). The number of nitrogens with one attached hydrogen (secondary N) is 3. The smallest absolute Gasteiger partial charge is 0.319 e. The van der Waals surface area contributed by atoms with E-state index in [4.69, 9.17) is 0 Å². The van der Waals surface area contributed by atoms with Gasteiger partial charge in [0.2, 0.25) is 5.91 Å². The number of urea groups is 1. The van der Waals surface area contributed by atoms with Gasteiger partial charge in [-0.3, -0.25) is 4.79 Å². The summed E-state index contributed by atoms with van der Waals surface area (Å²) in [6.07, 6.45) is 2.20. The maximum Gasteiger partial charge on any atom is 0.319 e. The third-order valence-corrected chi connectivity index (χ3v) is 4.29. The monoisotopic (exact) mass is 323 g/mol. The van der Waals surface area contributed by atoms with Crippen molar-refractivity contribution in [2.45, 2.75) is 25.2 Å². The fourth-order valence-corrected chi connectivity index (χ4v) is 2.78. The second-order valence-corrected chi connectivity index (χ2v) is 6.21. The summed E-state index contributed by atoms with van der Waals surface area (Å²) >= 11 is 0. The fourth-order valence-electron chi connectivity index (χ4n) is 2.78. The molecule has 0 radical (unpaired) electrons. The Morgan fingerprint density at radius 2 is 1.50 bits per heavy atom. The maximum atomic E-state index is 12.1. The molecule has 1 aliphatic carbocycles. The van der Waals surface area contributed by atoms with Gasteiger partial charge in [-0.1, -0.05) is 30.3 Å². The lowest BCUT2D eigenvalue weighted by atomic mass is 9.96. The normalized spacial score (nSPS) is 14.5. The van der Waals surface area contributed by atoms with Crippen molar-refractivity contribution in [2.24, 2.45) is 0 Å². The molecular weight excluding hydrogens is 302 g/mol. The Hall–Kier alpha value is -2.82. The molecule has 2 aromatic carbocycles. The Labute approximate surface area is 141 Å². The van der Waals surface area contributed by atoms with Gasteiger partial charge in [-0.2, -0.15) is 0 Å². The summed E-state index contributed by atoms with van der Waals surface area (Å²) < 4.78 is 0. The molecular formula is C19H21N3O2. The largest absolute Gasteiger partial charge is 0.337 e. The van der Waals surface area contributed by atoms with E-state index in [1.807, 2.05) is 18.2 Å². The zero-order valence-corrected chi connectivity index (χ0v) is 13.6. The highest BCUT2D eigenvalue weighted by molar-refractivity contribution is 5.91. The van der Waals surface area contributed by atoms with Gasteiger partial charge in [0.05, 0.1) is 0 Å². The van der Waals surface area contributed by atoms with E-state index in [-0.39, 0.29) is 17.4 Å². The third-order valence-electron chi connectivity index (χ3n) is 4.29. The minimum Gasteiger partial charge on any atom is -0.337 e. The summed E-state index contributed by atoms with van der Waals surface area (Å²) in [6.45, 7) is 2.09. The van der Waals surface area contributed by atoms with Crippen LogP contribution in [-0.4, -0.2) is 18.5 Å². The lowest BCUT2D eigenvalue weighted by molar-refractivity contribution is -0.114. The SMILES string of the molecule is CC(=O)Nc1ccc(NC(=O)NCC2(c3ccccc3)CC2)cc1. The molecule has 1 aliphatic rings. The number of hydrogen-bond donors (Lipinski definition) is 3. The zero-order valence-electron chi connectivity index (χ0n) is 13.6. The van der Waals surface area contributed by atoms with Crippen LogP contribution in [0, 0.1) is 0 Å². The number of rotatable bonds is 5. The number of benzene rings is 2. The molecule has 3 amide bonds. The predicted octanol–water partition coefficient (Wildman–Crippen LogP) is 3.50. The molecule has 0 aromatic heterocycles. The van der Waals surface area contributed by atoms with Crippen LogP contribution >= 0.6 is 0 Å². The van der Waals surface area contributed by atoms with Crippen LogP contribution in [-0.2, 0) is 10.2 Å². The molecule has 1 fully saturated rings. The van der Waals surface area contributed by atoms with Crippen molar-refractivity contribution in [2.75, 3.05) is 17.2 Å². The van der Waals surface area contributed by atoms with Crippen LogP contribution in [0.1, 0.15) is 25.3 Å². The Kier molecular flexibility index (Phi) is 4.51. The van der Waals surface area contributed by atoms with Gasteiger partial charge in [-0.25, -0.2) is 4.79 Å². The van der Waals surface area contributed by atoms with Gasteiger partial charge in [0.25, 0.3) is 0 Å².